The highest BCUT2D eigenvalue weighted by molar-refractivity contribution is 5.78. The molecule has 29 heavy (non-hydrogen) atoms. The van der Waals surface area contributed by atoms with Crippen LogP contribution in [0.2, 0.25) is 0 Å². The lowest BCUT2D eigenvalue weighted by molar-refractivity contribution is -0.122. The summed E-state index contributed by atoms with van der Waals surface area (Å²) in [5.74, 6) is 0.622. The fourth-order valence-corrected chi connectivity index (χ4v) is 4.19. The average molecular weight is 398 g/mol. The summed E-state index contributed by atoms with van der Waals surface area (Å²) in [7, 11) is 0. The smallest absolute Gasteiger partial charge is 0.234 e. The highest BCUT2D eigenvalue weighted by atomic mass is 19.1. The first-order valence-electron chi connectivity index (χ1n) is 10.2. The van der Waals surface area contributed by atoms with E-state index in [9.17, 15) is 9.18 Å². The zero-order valence-corrected chi connectivity index (χ0v) is 16.5. The molecule has 2 aliphatic heterocycles. The lowest BCUT2D eigenvalue weighted by Gasteiger charge is -2.38. The number of halogens is 1. The number of nitrogens with zero attached hydrogens (tertiary/aromatic N) is 1. The molecule has 1 fully saturated rings. The van der Waals surface area contributed by atoms with Crippen molar-refractivity contribution in [3.63, 3.8) is 0 Å². The van der Waals surface area contributed by atoms with Crippen LogP contribution in [0.25, 0.3) is 0 Å². The number of nitrogens with one attached hydrogen (secondary N) is 1. The Kier molecular flexibility index (Phi) is 6.11. The van der Waals surface area contributed by atoms with Gasteiger partial charge in [-0.2, -0.15) is 0 Å². The van der Waals surface area contributed by atoms with E-state index in [1.54, 1.807) is 12.1 Å². The van der Waals surface area contributed by atoms with Crippen molar-refractivity contribution < 1.29 is 18.7 Å². The molecule has 2 aliphatic rings. The van der Waals surface area contributed by atoms with Gasteiger partial charge in [0.15, 0.2) is 0 Å². The second-order valence-electron chi connectivity index (χ2n) is 7.85. The number of hydrogen-bond acceptors (Lipinski definition) is 4. The predicted molar refractivity (Wildman–Crippen MR) is 108 cm³/mol. The summed E-state index contributed by atoms with van der Waals surface area (Å²) in [6, 6.07) is 14.7. The van der Waals surface area contributed by atoms with Gasteiger partial charge in [-0.3, -0.25) is 9.69 Å². The third kappa shape index (κ3) is 4.77. The van der Waals surface area contributed by atoms with Gasteiger partial charge in [0, 0.05) is 43.8 Å². The van der Waals surface area contributed by atoms with Gasteiger partial charge in [0.2, 0.25) is 5.91 Å². The van der Waals surface area contributed by atoms with Gasteiger partial charge in [-0.25, -0.2) is 4.39 Å². The number of benzene rings is 2. The molecule has 0 radical (unpaired) electrons. The van der Waals surface area contributed by atoms with Gasteiger partial charge in [0.1, 0.15) is 18.2 Å². The van der Waals surface area contributed by atoms with Crippen LogP contribution in [0.15, 0.2) is 48.5 Å². The molecule has 1 saturated heterocycles. The number of ether oxygens (including phenoxy) is 2. The van der Waals surface area contributed by atoms with E-state index in [1.165, 1.54) is 6.07 Å². The third-order valence-electron chi connectivity index (χ3n) is 5.91. The maximum atomic E-state index is 13.8. The SMILES string of the molecule is O=C(CN1CCOc2ccccc2C1)NCC1(c2cccc(F)c2)CCOCC1. The van der Waals surface area contributed by atoms with Crippen LogP contribution in [0.5, 0.6) is 5.75 Å². The van der Waals surface area contributed by atoms with E-state index in [2.05, 4.69) is 10.2 Å². The second kappa shape index (κ2) is 8.93. The van der Waals surface area contributed by atoms with Gasteiger partial charge in [-0.1, -0.05) is 30.3 Å². The summed E-state index contributed by atoms with van der Waals surface area (Å²) < 4.78 is 25.1. The van der Waals surface area contributed by atoms with Crippen molar-refractivity contribution in [3.8, 4) is 5.75 Å². The van der Waals surface area contributed by atoms with Crippen LogP contribution in [0.3, 0.4) is 0 Å². The fraction of sp³-hybridized carbons (Fsp3) is 0.435. The molecule has 2 aromatic carbocycles. The van der Waals surface area contributed by atoms with Crippen LogP contribution in [0.4, 0.5) is 4.39 Å². The normalized spacial score (nSPS) is 18.9. The minimum atomic E-state index is -0.287. The molecule has 0 saturated carbocycles. The molecule has 0 spiro atoms. The monoisotopic (exact) mass is 398 g/mol. The molecule has 5 nitrogen and oxygen atoms in total. The maximum Gasteiger partial charge on any atom is 0.234 e. The van der Waals surface area contributed by atoms with Crippen molar-refractivity contribution in [2.45, 2.75) is 24.8 Å². The second-order valence-corrected chi connectivity index (χ2v) is 7.85. The van der Waals surface area contributed by atoms with Crippen LogP contribution in [0, 0.1) is 5.82 Å². The van der Waals surface area contributed by atoms with Crippen LogP contribution in [-0.4, -0.2) is 50.3 Å². The Morgan fingerprint density at radius 2 is 1.93 bits per heavy atom. The molecule has 4 rings (SSSR count). The van der Waals surface area contributed by atoms with Crippen molar-refractivity contribution in [2.24, 2.45) is 0 Å². The molecule has 1 amide bonds. The van der Waals surface area contributed by atoms with Crippen molar-refractivity contribution in [3.05, 3.63) is 65.5 Å². The largest absolute Gasteiger partial charge is 0.492 e. The topological polar surface area (TPSA) is 50.8 Å². The Morgan fingerprint density at radius 3 is 2.76 bits per heavy atom. The summed E-state index contributed by atoms with van der Waals surface area (Å²) in [5.41, 5.74) is 1.74. The summed E-state index contributed by atoms with van der Waals surface area (Å²) >= 11 is 0. The Labute approximate surface area is 170 Å². The van der Waals surface area contributed by atoms with Crippen LogP contribution in [-0.2, 0) is 21.5 Å². The zero-order chi connectivity index (χ0) is 20.1. The van der Waals surface area contributed by atoms with E-state index in [4.69, 9.17) is 9.47 Å². The van der Waals surface area contributed by atoms with E-state index in [-0.39, 0.29) is 17.1 Å². The predicted octanol–water partition coefficient (Wildman–Crippen LogP) is 2.88. The van der Waals surface area contributed by atoms with Gasteiger partial charge in [0.05, 0.1) is 6.54 Å². The number of amides is 1. The number of para-hydroxylation sites is 1. The van der Waals surface area contributed by atoms with Crippen molar-refractivity contribution in [1.29, 1.82) is 0 Å². The molecule has 154 valence electrons. The van der Waals surface area contributed by atoms with Crippen LogP contribution in [0.1, 0.15) is 24.0 Å². The molecule has 2 heterocycles. The Balaban J connectivity index is 1.40. The molecular formula is C23H27FN2O3. The number of hydrogen-bond donors (Lipinski definition) is 1. The third-order valence-corrected chi connectivity index (χ3v) is 5.91. The summed E-state index contributed by atoms with van der Waals surface area (Å²) in [5, 5.41) is 3.10. The van der Waals surface area contributed by atoms with Crippen molar-refractivity contribution >= 4 is 5.91 Å². The minimum Gasteiger partial charge on any atom is -0.492 e. The maximum absolute atomic E-state index is 13.8. The van der Waals surface area contributed by atoms with Gasteiger partial charge in [-0.05, 0) is 36.6 Å². The van der Waals surface area contributed by atoms with E-state index in [0.717, 1.165) is 29.7 Å². The molecule has 6 heteroatoms. The quantitative estimate of drug-likeness (QED) is 0.842. The molecule has 0 aromatic heterocycles. The van der Waals surface area contributed by atoms with E-state index < -0.39 is 0 Å². The van der Waals surface area contributed by atoms with Crippen molar-refractivity contribution in [1.82, 2.24) is 10.2 Å². The molecule has 0 unspecified atom stereocenters. The Morgan fingerprint density at radius 1 is 1.10 bits per heavy atom. The molecule has 0 aliphatic carbocycles. The molecule has 2 aromatic rings. The molecule has 0 bridgehead atoms. The number of rotatable bonds is 5. The van der Waals surface area contributed by atoms with E-state index in [0.29, 0.717) is 46.0 Å². The van der Waals surface area contributed by atoms with Crippen molar-refractivity contribution in [2.75, 3.05) is 39.5 Å². The summed E-state index contributed by atoms with van der Waals surface area (Å²) in [6.07, 6.45) is 1.53. The first-order chi connectivity index (χ1) is 14.1. The zero-order valence-electron chi connectivity index (χ0n) is 16.5. The molecular weight excluding hydrogens is 371 g/mol. The average Bonchev–Trinajstić information content (AvgIpc) is 2.94. The first kappa shape index (κ1) is 19.9. The van der Waals surface area contributed by atoms with E-state index >= 15 is 0 Å². The number of fused-ring (bicyclic) bond motifs is 1. The Bertz CT molecular complexity index is 852. The Hall–Kier alpha value is -2.44. The summed E-state index contributed by atoms with van der Waals surface area (Å²) in [6.45, 7) is 3.98. The van der Waals surface area contributed by atoms with Gasteiger partial charge >= 0.3 is 0 Å². The minimum absolute atomic E-state index is 0.0216. The number of carbonyl (C=O) groups is 1. The van der Waals surface area contributed by atoms with Crippen LogP contribution >= 0.6 is 0 Å². The lowest BCUT2D eigenvalue weighted by atomic mass is 9.74. The highest BCUT2D eigenvalue weighted by Crippen LogP contribution is 2.34. The number of carbonyl (C=O) groups excluding carboxylic acids is 1. The van der Waals surface area contributed by atoms with Gasteiger partial charge < -0.3 is 14.8 Å². The molecule has 1 N–H and O–H groups in total. The highest BCUT2D eigenvalue weighted by Gasteiger charge is 2.35. The van der Waals surface area contributed by atoms with Gasteiger partial charge in [0.25, 0.3) is 0 Å². The van der Waals surface area contributed by atoms with E-state index in [1.807, 2.05) is 30.3 Å². The first-order valence-corrected chi connectivity index (χ1v) is 10.2. The molecule has 0 atom stereocenters. The fourth-order valence-electron chi connectivity index (χ4n) is 4.19. The summed E-state index contributed by atoms with van der Waals surface area (Å²) in [4.78, 5) is 14.8. The standard InChI is InChI=1S/C23H27FN2O3/c24-20-6-3-5-19(14-20)23(8-11-28-12-9-23)17-25-22(27)16-26-10-13-29-21-7-2-1-4-18(21)15-26/h1-7,14H,8-13,15-17H2,(H,25,27). The lowest BCUT2D eigenvalue weighted by Crippen LogP contribution is -2.47. The van der Waals surface area contributed by atoms with Crippen LogP contribution < -0.4 is 10.1 Å². The van der Waals surface area contributed by atoms with Gasteiger partial charge in [-0.15, -0.1) is 0 Å².